The molecule has 0 aromatic carbocycles. The summed E-state index contributed by atoms with van der Waals surface area (Å²) in [5, 5.41) is 3.77. The highest BCUT2D eigenvalue weighted by Crippen LogP contribution is 2.36. The van der Waals surface area contributed by atoms with Gasteiger partial charge in [-0.15, -0.1) is 0 Å². The average molecular weight is 301 g/mol. The Bertz CT molecular complexity index is 454. The number of rotatable bonds is 6. The molecule has 1 N–H and O–H groups in total. The van der Waals surface area contributed by atoms with Gasteiger partial charge < -0.3 is 5.32 Å². The van der Waals surface area contributed by atoms with Crippen LogP contribution in [-0.4, -0.2) is 29.0 Å². The molecule has 1 aromatic rings. The molecule has 2 fully saturated rings. The highest BCUT2D eigenvalue weighted by atomic mass is 15.2. The molecule has 1 saturated carbocycles. The van der Waals surface area contributed by atoms with Crippen molar-refractivity contribution in [3.63, 3.8) is 0 Å². The number of unbranched alkanes of at least 4 members (excludes halogenated alkanes) is 1. The highest BCUT2D eigenvalue weighted by molar-refractivity contribution is 5.47. The van der Waals surface area contributed by atoms with Crippen molar-refractivity contribution in [2.24, 2.45) is 0 Å². The number of hydrogen-bond acceptors (Lipinski definition) is 3. The number of hydrogen-bond donors (Lipinski definition) is 1. The van der Waals surface area contributed by atoms with Crippen molar-refractivity contribution in [3.8, 4) is 0 Å². The summed E-state index contributed by atoms with van der Waals surface area (Å²) in [6.45, 7) is 4.77. The van der Waals surface area contributed by atoms with Crippen molar-refractivity contribution < 1.29 is 0 Å². The van der Waals surface area contributed by atoms with E-state index in [0.717, 1.165) is 5.82 Å². The maximum absolute atomic E-state index is 4.69. The smallest absolute Gasteiger partial charge is 0.130 e. The molecule has 0 amide bonds. The molecule has 22 heavy (non-hydrogen) atoms. The Labute approximate surface area is 135 Å². The van der Waals surface area contributed by atoms with Crippen molar-refractivity contribution in [1.82, 2.24) is 9.88 Å². The molecule has 3 rings (SSSR count). The van der Waals surface area contributed by atoms with Crippen LogP contribution in [0.2, 0.25) is 0 Å². The lowest BCUT2D eigenvalue weighted by Gasteiger charge is -2.29. The SMILES string of the molecule is CCCCN1CCCC1c1cccnc1NC1CCCCC1. The zero-order valence-electron chi connectivity index (χ0n) is 14.1. The molecule has 1 aromatic heterocycles. The van der Waals surface area contributed by atoms with Gasteiger partial charge in [-0.25, -0.2) is 4.98 Å². The van der Waals surface area contributed by atoms with Crippen LogP contribution in [0, 0.1) is 0 Å². The zero-order chi connectivity index (χ0) is 15.2. The molecular formula is C19H31N3. The lowest BCUT2D eigenvalue weighted by molar-refractivity contribution is 0.253. The Balaban J connectivity index is 1.72. The first-order valence-corrected chi connectivity index (χ1v) is 9.34. The number of nitrogens with zero attached hydrogens (tertiary/aromatic N) is 2. The zero-order valence-corrected chi connectivity index (χ0v) is 14.1. The Morgan fingerprint density at radius 2 is 2.05 bits per heavy atom. The van der Waals surface area contributed by atoms with Gasteiger partial charge in [0, 0.05) is 23.8 Å². The summed E-state index contributed by atoms with van der Waals surface area (Å²) in [5.74, 6) is 1.16. The van der Waals surface area contributed by atoms with Gasteiger partial charge >= 0.3 is 0 Å². The number of pyridine rings is 1. The maximum atomic E-state index is 4.69. The molecule has 1 aliphatic carbocycles. The van der Waals surface area contributed by atoms with Crippen LogP contribution < -0.4 is 5.32 Å². The normalized spacial score (nSPS) is 23.8. The maximum Gasteiger partial charge on any atom is 0.130 e. The third-order valence-corrected chi connectivity index (χ3v) is 5.31. The predicted octanol–water partition coefficient (Wildman–Crippen LogP) is 4.76. The van der Waals surface area contributed by atoms with Gasteiger partial charge in [0.15, 0.2) is 0 Å². The van der Waals surface area contributed by atoms with E-state index in [1.807, 2.05) is 6.20 Å². The third-order valence-electron chi connectivity index (χ3n) is 5.31. The van der Waals surface area contributed by atoms with E-state index in [0.29, 0.717) is 12.1 Å². The second-order valence-corrected chi connectivity index (χ2v) is 6.97. The van der Waals surface area contributed by atoms with E-state index >= 15 is 0 Å². The molecule has 3 nitrogen and oxygen atoms in total. The second kappa shape index (κ2) is 7.96. The lowest BCUT2D eigenvalue weighted by atomic mass is 9.95. The summed E-state index contributed by atoms with van der Waals surface area (Å²) in [4.78, 5) is 7.37. The molecule has 1 aliphatic heterocycles. The quantitative estimate of drug-likeness (QED) is 0.821. The molecule has 0 bridgehead atoms. The van der Waals surface area contributed by atoms with Crippen molar-refractivity contribution in [1.29, 1.82) is 0 Å². The first-order valence-electron chi connectivity index (χ1n) is 9.34. The van der Waals surface area contributed by atoms with E-state index in [2.05, 4.69) is 29.3 Å². The predicted molar refractivity (Wildman–Crippen MR) is 93.2 cm³/mol. The van der Waals surface area contributed by atoms with Crippen molar-refractivity contribution >= 4 is 5.82 Å². The van der Waals surface area contributed by atoms with Gasteiger partial charge in [-0.2, -0.15) is 0 Å². The monoisotopic (exact) mass is 301 g/mol. The molecule has 3 heteroatoms. The van der Waals surface area contributed by atoms with Crippen molar-refractivity contribution in [3.05, 3.63) is 23.9 Å². The molecule has 0 spiro atoms. The summed E-state index contributed by atoms with van der Waals surface area (Å²) in [7, 11) is 0. The van der Waals surface area contributed by atoms with E-state index in [4.69, 9.17) is 4.98 Å². The minimum Gasteiger partial charge on any atom is -0.367 e. The Morgan fingerprint density at radius 1 is 1.18 bits per heavy atom. The topological polar surface area (TPSA) is 28.2 Å². The first kappa shape index (κ1) is 15.8. The molecule has 1 unspecified atom stereocenters. The third kappa shape index (κ3) is 3.81. The summed E-state index contributed by atoms with van der Waals surface area (Å²) in [6.07, 6.45) is 13.9. The summed E-state index contributed by atoms with van der Waals surface area (Å²) in [6, 6.07) is 5.62. The van der Waals surface area contributed by atoms with Gasteiger partial charge in [0.2, 0.25) is 0 Å². The van der Waals surface area contributed by atoms with E-state index in [9.17, 15) is 0 Å². The van der Waals surface area contributed by atoms with Crippen LogP contribution in [0.25, 0.3) is 0 Å². The van der Waals surface area contributed by atoms with Crippen LogP contribution in [0.3, 0.4) is 0 Å². The molecule has 2 heterocycles. The van der Waals surface area contributed by atoms with Gasteiger partial charge in [0.25, 0.3) is 0 Å². The van der Waals surface area contributed by atoms with E-state index in [1.165, 1.54) is 76.4 Å². The molecule has 0 radical (unpaired) electrons. The fraction of sp³-hybridized carbons (Fsp3) is 0.737. The van der Waals surface area contributed by atoms with Crippen molar-refractivity contribution in [2.45, 2.75) is 76.8 Å². The number of nitrogens with one attached hydrogen (secondary N) is 1. The van der Waals surface area contributed by atoms with Crippen LogP contribution in [0.4, 0.5) is 5.82 Å². The van der Waals surface area contributed by atoms with E-state index in [1.54, 1.807) is 0 Å². The van der Waals surface area contributed by atoms with Gasteiger partial charge in [0.05, 0.1) is 0 Å². The number of likely N-dealkylation sites (tertiary alicyclic amines) is 1. The first-order chi connectivity index (χ1) is 10.9. The molecule has 122 valence electrons. The fourth-order valence-electron chi connectivity index (χ4n) is 4.05. The van der Waals surface area contributed by atoms with Crippen molar-refractivity contribution in [2.75, 3.05) is 18.4 Å². The molecule has 1 saturated heterocycles. The summed E-state index contributed by atoms with van der Waals surface area (Å²) in [5.41, 5.74) is 1.43. The standard InChI is InChI=1S/C19H31N3/c1-2-3-14-22-15-8-12-18(22)17-11-7-13-20-19(17)21-16-9-5-4-6-10-16/h7,11,13,16,18H,2-6,8-10,12,14-15H2,1H3,(H,20,21). The van der Waals surface area contributed by atoms with E-state index < -0.39 is 0 Å². The van der Waals surface area contributed by atoms with Gasteiger partial charge in [0.1, 0.15) is 5.82 Å². The fourth-order valence-corrected chi connectivity index (χ4v) is 4.05. The number of aromatic nitrogens is 1. The van der Waals surface area contributed by atoms with Gasteiger partial charge in [-0.1, -0.05) is 38.7 Å². The van der Waals surface area contributed by atoms with Gasteiger partial charge in [-0.05, 0) is 51.3 Å². The van der Waals surface area contributed by atoms with Crippen LogP contribution in [-0.2, 0) is 0 Å². The highest BCUT2D eigenvalue weighted by Gasteiger charge is 2.28. The Hall–Kier alpha value is -1.09. The molecule has 1 atom stereocenters. The molecular weight excluding hydrogens is 270 g/mol. The van der Waals surface area contributed by atoms with Crippen LogP contribution in [0.5, 0.6) is 0 Å². The summed E-state index contributed by atoms with van der Waals surface area (Å²) >= 11 is 0. The summed E-state index contributed by atoms with van der Waals surface area (Å²) < 4.78 is 0. The largest absolute Gasteiger partial charge is 0.367 e. The Kier molecular flexibility index (Phi) is 5.71. The Morgan fingerprint density at radius 3 is 2.86 bits per heavy atom. The van der Waals surface area contributed by atoms with Crippen LogP contribution >= 0.6 is 0 Å². The van der Waals surface area contributed by atoms with Gasteiger partial charge in [-0.3, -0.25) is 4.90 Å². The minimum absolute atomic E-state index is 0.575. The lowest BCUT2D eigenvalue weighted by Crippen LogP contribution is -2.27. The molecule has 2 aliphatic rings. The average Bonchev–Trinajstić information content (AvgIpc) is 3.03. The van der Waals surface area contributed by atoms with Crippen LogP contribution in [0.15, 0.2) is 18.3 Å². The van der Waals surface area contributed by atoms with Crippen LogP contribution in [0.1, 0.15) is 76.3 Å². The number of anilines is 1. The van der Waals surface area contributed by atoms with E-state index in [-0.39, 0.29) is 0 Å². The minimum atomic E-state index is 0.575. The second-order valence-electron chi connectivity index (χ2n) is 6.97.